The standard InChI is InChI=1S/C13H20N2O/c1-15-9-3-4-10-11(7-8-14)13(16-2)6-5-12(10)15/h5-6H,3-4,7-9,14H2,1-2H3. The zero-order valence-corrected chi connectivity index (χ0v) is 10.1. The Hall–Kier alpha value is -1.22. The molecule has 0 bridgehead atoms. The summed E-state index contributed by atoms with van der Waals surface area (Å²) in [7, 11) is 3.88. The smallest absolute Gasteiger partial charge is 0.122 e. The SMILES string of the molecule is COc1ccc2c(c1CCN)CCCN2C. The zero-order chi connectivity index (χ0) is 11.5. The molecule has 2 rings (SSSR count). The Kier molecular flexibility index (Phi) is 3.34. The fourth-order valence-electron chi connectivity index (χ4n) is 2.52. The first-order valence-corrected chi connectivity index (χ1v) is 5.88. The fourth-order valence-corrected chi connectivity index (χ4v) is 2.52. The third kappa shape index (κ3) is 1.87. The summed E-state index contributed by atoms with van der Waals surface area (Å²) in [6, 6.07) is 4.22. The Morgan fingerprint density at radius 2 is 2.25 bits per heavy atom. The summed E-state index contributed by atoms with van der Waals surface area (Å²) in [4.78, 5) is 2.32. The predicted molar refractivity (Wildman–Crippen MR) is 67.3 cm³/mol. The van der Waals surface area contributed by atoms with Gasteiger partial charge in [0.15, 0.2) is 0 Å². The monoisotopic (exact) mass is 220 g/mol. The number of hydrogen-bond donors (Lipinski definition) is 1. The van der Waals surface area contributed by atoms with Crippen molar-refractivity contribution in [1.82, 2.24) is 0 Å². The molecule has 0 saturated heterocycles. The average molecular weight is 220 g/mol. The van der Waals surface area contributed by atoms with Gasteiger partial charge in [-0.2, -0.15) is 0 Å². The molecule has 1 heterocycles. The molecule has 0 unspecified atom stereocenters. The fraction of sp³-hybridized carbons (Fsp3) is 0.538. The number of hydrogen-bond acceptors (Lipinski definition) is 3. The minimum absolute atomic E-state index is 0.677. The van der Waals surface area contributed by atoms with E-state index in [1.54, 1.807) is 7.11 Å². The summed E-state index contributed by atoms with van der Waals surface area (Å²) in [5, 5.41) is 0. The molecule has 88 valence electrons. The molecule has 0 aromatic heterocycles. The van der Waals surface area contributed by atoms with Gasteiger partial charge in [0.25, 0.3) is 0 Å². The van der Waals surface area contributed by atoms with Crippen molar-refractivity contribution in [3.63, 3.8) is 0 Å². The van der Waals surface area contributed by atoms with Gasteiger partial charge in [-0.3, -0.25) is 0 Å². The van der Waals surface area contributed by atoms with Gasteiger partial charge in [0, 0.05) is 24.8 Å². The molecule has 2 N–H and O–H groups in total. The Labute approximate surface area is 97.2 Å². The predicted octanol–water partition coefficient (Wildman–Crippen LogP) is 1.58. The molecule has 0 amide bonds. The van der Waals surface area contributed by atoms with E-state index in [2.05, 4.69) is 24.1 Å². The van der Waals surface area contributed by atoms with E-state index in [9.17, 15) is 0 Å². The van der Waals surface area contributed by atoms with Crippen molar-refractivity contribution >= 4 is 5.69 Å². The van der Waals surface area contributed by atoms with Crippen LogP contribution in [0.4, 0.5) is 5.69 Å². The van der Waals surface area contributed by atoms with Crippen LogP contribution in [0, 0.1) is 0 Å². The van der Waals surface area contributed by atoms with Gasteiger partial charge >= 0.3 is 0 Å². The molecule has 16 heavy (non-hydrogen) atoms. The normalized spacial score (nSPS) is 14.8. The lowest BCUT2D eigenvalue weighted by atomic mass is 9.94. The Morgan fingerprint density at radius 3 is 2.94 bits per heavy atom. The van der Waals surface area contributed by atoms with Gasteiger partial charge in [0.1, 0.15) is 5.75 Å². The van der Waals surface area contributed by atoms with Crippen molar-refractivity contribution in [2.75, 3.05) is 32.1 Å². The Morgan fingerprint density at radius 1 is 1.44 bits per heavy atom. The van der Waals surface area contributed by atoms with Gasteiger partial charge < -0.3 is 15.4 Å². The van der Waals surface area contributed by atoms with Crippen LogP contribution in [-0.2, 0) is 12.8 Å². The van der Waals surface area contributed by atoms with Gasteiger partial charge in [-0.05, 0) is 43.5 Å². The summed E-state index contributed by atoms with van der Waals surface area (Å²) in [6.45, 7) is 1.82. The highest BCUT2D eigenvalue weighted by Crippen LogP contribution is 2.34. The van der Waals surface area contributed by atoms with Crippen LogP contribution in [-0.4, -0.2) is 27.2 Å². The van der Waals surface area contributed by atoms with Crippen LogP contribution >= 0.6 is 0 Å². The van der Waals surface area contributed by atoms with E-state index < -0.39 is 0 Å². The molecule has 0 spiro atoms. The largest absolute Gasteiger partial charge is 0.496 e. The first-order valence-electron chi connectivity index (χ1n) is 5.88. The van der Waals surface area contributed by atoms with Crippen LogP contribution in [0.2, 0.25) is 0 Å². The molecular formula is C13H20N2O. The van der Waals surface area contributed by atoms with Crippen molar-refractivity contribution in [1.29, 1.82) is 0 Å². The summed E-state index contributed by atoms with van der Waals surface area (Å²) in [6.07, 6.45) is 3.26. The quantitative estimate of drug-likeness (QED) is 0.840. The molecule has 3 nitrogen and oxygen atoms in total. The minimum atomic E-state index is 0.677. The molecular weight excluding hydrogens is 200 g/mol. The van der Waals surface area contributed by atoms with E-state index in [0.717, 1.165) is 25.1 Å². The van der Waals surface area contributed by atoms with Crippen molar-refractivity contribution < 1.29 is 4.74 Å². The second kappa shape index (κ2) is 4.74. The number of anilines is 1. The lowest BCUT2D eigenvalue weighted by Crippen LogP contribution is -2.26. The first kappa shape index (κ1) is 11.3. The number of fused-ring (bicyclic) bond motifs is 1. The first-order chi connectivity index (χ1) is 7.77. The number of ether oxygens (including phenoxy) is 1. The van der Waals surface area contributed by atoms with Crippen molar-refractivity contribution in [2.24, 2.45) is 5.73 Å². The molecule has 0 aliphatic carbocycles. The van der Waals surface area contributed by atoms with Gasteiger partial charge in [0.05, 0.1) is 7.11 Å². The molecule has 0 fully saturated rings. The Balaban J connectivity index is 2.48. The lowest BCUT2D eigenvalue weighted by molar-refractivity contribution is 0.408. The van der Waals surface area contributed by atoms with Gasteiger partial charge in [-0.25, -0.2) is 0 Å². The average Bonchev–Trinajstić information content (AvgIpc) is 2.30. The summed E-state index contributed by atoms with van der Waals surface area (Å²) >= 11 is 0. The molecule has 0 radical (unpaired) electrons. The lowest BCUT2D eigenvalue weighted by Gasteiger charge is -2.30. The molecule has 1 aromatic carbocycles. The van der Waals surface area contributed by atoms with Crippen LogP contribution in [0.5, 0.6) is 5.75 Å². The van der Waals surface area contributed by atoms with Crippen LogP contribution < -0.4 is 15.4 Å². The molecule has 1 aliphatic rings. The number of nitrogens with zero attached hydrogens (tertiary/aromatic N) is 1. The molecule has 3 heteroatoms. The molecule has 1 aromatic rings. The summed E-state index contributed by atoms with van der Waals surface area (Å²) < 4.78 is 5.43. The van der Waals surface area contributed by atoms with E-state index in [0.29, 0.717) is 6.54 Å². The van der Waals surface area contributed by atoms with Crippen molar-refractivity contribution in [3.05, 3.63) is 23.3 Å². The van der Waals surface area contributed by atoms with Gasteiger partial charge in [-0.15, -0.1) is 0 Å². The summed E-state index contributed by atoms with van der Waals surface area (Å²) in [5.41, 5.74) is 9.76. The van der Waals surface area contributed by atoms with E-state index >= 15 is 0 Å². The second-order valence-corrected chi connectivity index (χ2v) is 4.31. The number of methoxy groups -OCH3 is 1. The van der Waals surface area contributed by atoms with E-state index in [1.807, 2.05) is 0 Å². The Bertz CT molecular complexity index is 376. The minimum Gasteiger partial charge on any atom is -0.496 e. The number of nitrogens with two attached hydrogens (primary N) is 1. The van der Waals surface area contributed by atoms with Crippen LogP contribution in [0.1, 0.15) is 17.5 Å². The molecule has 1 aliphatic heterocycles. The van der Waals surface area contributed by atoms with Crippen molar-refractivity contribution in [2.45, 2.75) is 19.3 Å². The van der Waals surface area contributed by atoms with Crippen LogP contribution in [0.15, 0.2) is 12.1 Å². The topological polar surface area (TPSA) is 38.5 Å². The van der Waals surface area contributed by atoms with Crippen LogP contribution in [0.25, 0.3) is 0 Å². The maximum atomic E-state index is 5.68. The highest BCUT2D eigenvalue weighted by Gasteiger charge is 2.19. The van der Waals surface area contributed by atoms with E-state index in [-0.39, 0.29) is 0 Å². The zero-order valence-electron chi connectivity index (χ0n) is 10.1. The summed E-state index contributed by atoms with van der Waals surface area (Å²) in [5.74, 6) is 0.986. The second-order valence-electron chi connectivity index (χ2n) is 4.31. The molecule has 0 saturated carbocycles. The number of benzene rings is 1. The van der Waals surface area contributed by atoms with E-state index in [4.69, 9.17) is 10.5 Å². The van der Waals surface area contributed by atoms with Gasteiger partial charge in [-0.1, -0.05) is 0 Å². The number of rotatable bonds is 3. The highest BCUT2D eigenvalue weighted by molar-refractivity contribution is 5.62. The van der Waals surface area contributed by atoms with E-state index in [1.165, 1.54) is 23.2 Å². The van der Waals surface area contributed by atoms with Crippen molar-refractivity contribution in [3.8, 4) is 5.75 Å². The third-order valence-corrected chi connectivity index (χ3v) is 3.31. The maximum Gasteiger partial charge on any atom is 0.122 e. The molecule has 0 atom stereocenters. The highest BCUT2D eigenvalue weighted by atomic mass is 16.5. The maximum absolute atomic E-state index is 5.68. The van der Waals surface area contributed by atoms with Crippen LogP contribution in [0.3, 0.4) is 0 Å². The van der Waals surface area contributed by atoms with Gasteiger partial charge in [0.2, 0.25) is 0 Å². The third-order valence-electron chi connectivity index (χ3n) is 3.31.